The Morgan fingerprint density at radius 2 is 2.10 bits per heavy atom. The molecule has 2 atom stereocenters. The topological polar surface area (TPSA) is 46.6 Å². The number of amides is 1. The van der Waals surface area contributed by atoms with E-state index in [1.165, 1.54) is 0 Å². The maximum Gasteiger partial charge on any atom is 0.225 e. The van der Waals surface area contributed by atoms with Gasteiger partial charge in [0.2, 0.25) is 5.91 Å². The van der Waals surface area contributed by atoms with E-state index in [2.05, 4.69) is 6.92 Å². The van der Waals surface area contributed by atoms with Crippen LogP contribution in [0.2, 0.25) is 0 Å². The third-order valence-electron chi connectivity index (χ3n) is 4.49. The molecule has 2 aliphatic rings. The van der Waals surface area contributed by atoms with Crippen LogP contribution in [0.1, 0.15) is 58.3 Å². The molecule has 2 rings (SSSR count). The summed E-state index contributed by atoms with van der Waals surface area (Å²) in [5.41, 5.74) is 0. The number of hydrogen-bond donors (Lipinski definition) is 0. The van der Waals surface area contributed by atoms with E-state index in [0.29, 0.717) is 25.2 Å². The molecule has 2 fully saturated rings. The first-order chi connectivity index (χ1) is 9.74. The van der Waals surface area contributed by atoms with Crippen LogP contribution in [-0.4, -0.2) is 42.4 Å². The van der Waals surface area contributed by atoms with Gasteiger partial charge in [-0.2, -0.15) is 0 Å². The van der Waals surface area contributed by atoms with Crippen molar-refractivity contribution in [1.29, 1.82) is 0 Å². The van der Waals surface area contributed by atoms with E-state index >= 15 is 0 Å². The quantitative estimate of drug-likeness (QED) is 0.703. The number of likely N-dealkylation sites (tertiary alicyclic amines) is 1. The van der Waals surface area contributed by atoms with E-state index in [4.69, 9.17) is 4.74 Å². The van der Waals surface area contributed by atoms with Crippen LogP contribution < -0.4 is 0 Å². The number of ether oxygens (including phenoxy) is 1. The van der Waals surface area contributed by atoms with Crippen molar-refractivity contribution in [2.24, 2.45) is 5.92 Å². The number of piperidine rings is 1. The molecule has 1 aliphatic heterocycles. The minimum atomic E-state index is 0.107. The second kappa shape index (κ2) is 7.77. The molecule has 114 valence electrons. The minimum absolute atomic E-state index is 0.107. The van der Waals surface area contributed by atoms with Crippen molar-refractivity contribution in [3.05, 3.63) is 0 Å². The predicted molar refractivity (Wildman–Crippen MR) is 77.4 cm³/mol. The van der Waals surface area contributed by atoms with Gasteiger partial charge in [-0.05, 0) is 38.5 Å². The normalized spacial score (nSPS) is 27.1. The second-order valence-electron chi connectivity index (χ2n) is 5.98. The number of carbonyl (C=O) groups excluding carboxylic acids is 2. The number of ketones is 1. The Balaban J connectivity index is 1.89. The summed E-state index contributed by atoms with van der Waals surface area (Å²) < 4.78 is 5.41. The van der Waals surface area contributed by atoms with Gasteiger partial charge in [-0.3, -0.25) is 9.59 Å². The summed E-state index contributed by atoms with van der Waals surface area (Å²) in [6.07, 6.45) is 7.33. The molecule has 0 aromatic heterocycles. The van der Waals surface area contributed by atoms with Crippen molar-refractivity contribution in [2.75, 3.05) is 19.8 Å². The molecule has 1 saturated heterocycles. The fourth-order valence-electron chi connectivity index (χ4n) is 3.48. The molecule has 0 bridgehead atoms. The maximum atomic E-state index is 12.4. The Bertz CT molecular complexity index is 343. The molecular formula is C16H27NO3. The molecule has 1 saturated carbocycles. The third kappa shape index (κ3) is 3.81. The van der Waals surface area contributed by atoms with Crippen molar-refractivity contribution < 1.29 is 14.3 Å². The van der Waals surface area contributed by atoms with Crippen LogP contribution in [0.15, 0.2) is 0 Å². The van der Waals surface area contributed by atoms with E-state index in [1.807, 2.05) is 4.90 Å². The lowest BCUT2D eigenvalue weighted by molar-refractivity contribution is -0.138. The average Bonchev–Trinajstić information content (AvgIpc) is 2.89. The van der Waals surface area contributed by atoms with Gasteiger partial charge in [-0.25, -0.2) is 0 Å². The number of rotatable bonds is 6. The molecule has 0 radical (unpaired) electrons. The molecule has 4 nitrogen and oxygen atoms in total. The fraction of sp³-hybridized carbons (Fsp3) is 0.875. The summed E-state index contributed by atoms with van der Waals surface area (Å²) in [5, 5.41) is 0. The molecule has 1 aliphatic carbocycles. The first-order valence-electron chi connectivity index (χ1n) is 8.14. The summed E-state index contributed by atoms with van der Waals surface area (Å²) in [6, 6.07) is 0.164. The lowest BCUT2D eigenvalue weighted by Gasteiger charge is -2.38. The highest BCUT2D eigenvalue weighted by Crippen LogP contribution is 2.32. The Labute approximate surface area is 121 Å². The summed E-state index contributed by atoms with van der Waals surface area (Å²) >= 11 is 0. The van der Waals surface area contributed by atoms with E-state index in [1.54, 1.807) is 0 Å². The smallest absolute Gasteiger partial charge is 0.225 e. The average molecular weight is 281 g/mol. The van der Waals surface area contributed by atoms with Gasteiger partial charge in [0.15, 0.2) is 0 Å². The Morgan fingerprint density at radius 1 is 1.25 bits per heavy atom. The number of hydrogen-bond acceptors (Lipinski definition) is 3. The van der Waals surface area contributed by atoms with Crippen molar-refractivity contribution in [3.8, 4) is 0 Å². The number of Topliss-reactive ketones (excluding diaryl/α,β-unsaturated/α-hetero) is 1. The minimum Gasteiger partial charge on any atom is -0.381 e. The first-order valence-corrected chi connectivity index (χ1v) is 8.14. The lowest BCUT2D eigenvalue weighted by atomic mass is 9.88. The largest absolute Gasteiger partial charge is 0.381 e. The molecular weight excluding hydrogens is 254 g/mol. The van der Waals surface area contributed by atoms with Gasteiger partial charge < -0.3 is 9.64 Å². The fourth-order valence-corrected chi connectivity index (χ4v) is 3.48. The third-order valence-corrected chi connectivity index (χ3v) is 4.49. The van der Waals surface area contributed by atoms with Gasteiger partial charge in [-0.15, -0.1) is 0 Å². The summed E-state index contributed by atoms with van der Waals surface area (Å²) in [7, 11) is 0. The van der Waals surface area contributed by atoms with Crippen molar-refractivity contribution >= 4 is 11.7 Å². The second-order valence-corrected chi connectivity index (χ2v) is 5.98. The van der Waals surface area contributed by atoms with E-state index in [0.717, 1.165) is 51.7 Å². The molecule has 0 spiro atoms. The molecule has 4 heteroatoms. The molecule has 1 amide bonds. The molecule has 0 aromatic rings. The maximum absolute atomic E-state index is 12.4. The summed E-state index contributed by atoms with van der Waals surface area (Å²) in [5.74, 6) is 0.651. The molecule has 0 aromatic carbocycles. The van der Waals surface area contributed by atoms with Crippen molar-refractivity contribution in [1.82, 2.24) is 4.90 Å². The zero-order valence-electron chi connectivity index (χ0n) is 12.6. The van der Waals surface area contributed by atoms with Crippen LogP contribution in [0.3, 0.4) is 0 Å². The first kappa shape index (κ1) is 15.5. The van der Waals surface area contributed by atoms with Gasteiger partial charge in [0, 0.05) is 31.5 Å². The monoisotopic (exact) mass is 281 g/mol. The SMILES string of the molecule is CCCOCCC(=O)N1CCCCC1C1CCCC1=O. The van der Waals surface area contributed by atoms with Crippen LogP contribution in [0, 0.1) is 5.92 Å². The van der Waals surface area contributed by atoms with E-state index in [-0.39, 0.29) is 17.9 Å². The van der Waals surface area contributed by atoms with Gasteiger partial charge >= 0.3 is 0 Å². The molecule has 2 unspecified atom stereocenters. The van der Waals surface area contributed by atoms with Crippen LogP contribution in [0.25, 0.3) is 0 Å². The van der Waals surface area contributed by atoms with Gasteiger partial charge in [0.05, 0.1) is 13.0 Å². The highest BCUT2D eigenvalue weighted by molar-refractivity contribution is 5.85. The van der Waals surface area contributed by atoms with Crippen molar-refractivity contribution in [2.45, 2.75) is 64.3 Å². The highest BCUT2D eigenvalue weighted by atomic mass is 16.5. The van der Waals surface area contributed by atoms with Crippen molar-refractivity contribution in [3.63, 3.8) is 0 Å². The number of nitrogens with zero attached hydrogens (tertiary/aromatic N) is 1. The van der Waals surface area contributed by atoms with E-state index < -0.39 is 0 Å². The zero-order chi connectivity index (χ0) is 14.4. The van der Waals surface area contributed by atoms with Gasteiger partial charge in [-0.1, -0.05) is 6.92 Å². The predicted octanol–water partition coefficient (Wildman–Crippen LogP) is 2.55. The van der Waals surface area contributed by atoms with Crippen LogP contribution in [-0.2, 0) is 14.3 Å². The van der Waals surface area contributed by atoms with Crippen LogP contribution in [0.5, 0.6) is 0 Å². The Kier molecular flexibility index (Phi) is 6.02. The number of carbonyl (C=O) groups is 2. The molecule has 20 heavy (non-hydrogen) atoms. The van der Waals surface area contributed by atoms with Gasteiger partial charge in [0.1, 0.15) is 5.78 Å². The standard InChI is InChI=1S/C16H27NO3/c1-2-11-20-12-9-16(19)17-10-4-3-7-14(17)13-6-5-8-15(13)18/h13-14H,2-12H2,1H3. The van der Waals surface area contributed by atoms with Gasteiger partial charge in [0.25, 0.3) is 0 Å². The van der Waals surface area contributed by atoms with Crippen LogP contribution in [0.4, 0.5) is 0 Å². The molecule has 1 heterocycles. The summed E-state index contributed by atoms with van der Waals surface area (Å²) in [6.45, 7) is 4.11. The Morgan fingerprint density at radius 3 is 2.80 bits per heavy atom. The molecule has 0 N–H and O–H groups in total. The summed E-state index contributed by atoms with van der Waals surface area (Å²) in [4.78, 5) is 26.3. The lowest BCUT2D eigenvalue weighted by Crippen LogP contribution is -2.48. The highest BCUT2D eigenvalue weighted by Gasteiger charge is 2.38. The zero-order valence-corrected chi connectivity index (χ0v) is 12.6. The Hall–Kier alpha value is -0.900. The van der Waals surface area contributed by atoms with Crippen LogP contribution >= 0.6 is 0 Å². The van der Waals surface area contributed by atoms with E-state index in [9.17, 15) is 9.59 Å².